The van der Waals surface area contributed by atoms with Crippen molar-refractivity contribution in [3.8, 4) is 0 Å². The average molecular weight is 220 g/mol. The van der Waals surface area contributed by atoms with Crippen LogP contribution >= 0.6 is 0 Å². The van der Waals surface area contributed by atoms with Gasteiger partial charge in [0.2, 0.25) is 0 Å². The predicted molar refractivity (Wildman–Crippen MR) is 67.1 cm³/mol. The summed E-state index contributed by atoms with van der Waals surface area (Å²) < 4.78 is 5.45. The largest absolute Gasteiger partial charge is 0.378 e. The fraction of sp³-hybridized carbons (Fsp3) is 0.538. The molecular weight excluding hydrogens is 200 g/mol. The smallest absolute Gasteiger partial charge is 0.0637 e. The fourth-order valence-corrected chi connectivity index (χ4v) is 2.04. The van der Waals surface area contributed by atoms with Crippen LogP contribution in [0.1, 0.15) is 5.56 Å². The van der Waals surface area contributed by atoms with Crippen molar-refractivity contribution in [1.82, 2.24) is 5.32 Å². The highest BCUT2D eigenvalue weighted by atomic mass is 16.5. The van der Waals surface area contributed by atoms with E-state index < -0.39 is 0 Å². The summed E-state index contributed by atoms with van der Waals surface area (Å²) in [6.45, 7) is 5.73. The summed E-state index contributed by atoms with van der Waals surface area (Å²) in [5.41, 5.74) is 2.57. The average Bonchev–Trinajstić information content (AvgIpc) is 2.30. The summed E-state index contributed by atoms with van der Waals surface area (Å²) in [4.78, 5) is 2.28. The lowest BCUT2D eigenvalue weighted by Gasteiger charge is -2.29. The van der Waals surface area contributed by atoms with Crippen molar-refractivity contribution in [3.63, 3.8) is 0 Å². The molecule has 1 saturated heterocycles. The van der Waals surface area contributed by atoms with Crippen molar-refractivity contribution in [2.75, 3.05) is 38.3 Å². The van der Waals surface area contributed by atoms with Gasteiger partial charge in [-0.25, -0.2) is 0 Å². The van der Waals surface area contributed by atoms with Gasteiger partial charge in [-0.05, 0) is 24.6 Å². The molecule has 0 spiro atoms. The van der Waals surface area contributed by atoms with Crippen LogP contribution < -0.4 is 10.2 Å². The van der Waals surface area contributed by atoms with Gasteiger partial charge in [0.05, 0.1) is 13.2 Å². The van der Waals surface area contributed by atoms with Crippen LogP contribution in [0.2, 0.25) is 0 Å². The summed E-state index contributed by atoms with van der Waals surface area (Å²) in [6.07, 6.45) is 0. The molecule has 1 aromatic carbocycles. The van der Waals surface area contributed by atoms with E-state index in [9.17, 15) is 0 Å². The molecule has 1 heterocycles. The molecule has 16 heavy (non-hydrogen) atoms. The quantitative estimate of drug-likeness (QED) is 0.834. The number of rotatable bonds is 3. The molecule has 1 aromatic rings. The maximum atomic E-state index is 5.45. The molecule has 0 bridgehead atoms. The molecule has 0 radical (unpaired) electrons. The maximum Gasteiger partial charge on any atom is 0.0637 e. The van der Waals surface area contributed by atoms with Crippen molar-refractivity contribution in [3.05, 3.63) is 29.8 Å². The number of likely N-dealkylation sites (N-methyl/N-ethyl adjacent to an activating group) is 1. The Morgan fingerprint density at radius 3 is 3.06 bits per heavy atom. The van der Waals surface area contributed by atoms with E-state index in [2.05, 4.69) is 48.5 Å². The first-order chi connectivity index (χ1) is 7.75. The third-order valence-corrected chi connectivity index (χ3v) is 2.94. The Balaban J connectivity index is 1.94. The predicted octanol–water partition coefficient (Wildman–Crippen LogP) is 1.42. The monoisotopic (exact) mass is 220 g/mol. The number of nitrogens with one attached hydrogen (secondary N) is 1. The Bertz CT molecular complexity index is 334. The number of ether oxygens (including phenoxy) is 1. The van der Waals surface area contributed by atoms with Crippen molar-refractivity contribution in [2.24, 2.45) is 0 Å². The molecule has 0 amide bonds. The molecule has 0 aliphatic carbocycles. The Hall–Kier alpha value is -1.06. The third kappa shape index (κ3) is 2.97. The molecule has 2 rings (SSSR count). The molecule has 0 saturated carbocycles. The van der Waals surface area contributed by atoms with Crippen LogP contribution in [0.25, 0.3) is 0 Å². The summed E-state index contributed by atoms with van der Waals surface area (Å²) in [5.74, 6) is 0. The van der Waals surface area contributed by atoms with E-state index >= 15 is 0 Å². The van der Waals surface area contributed by atoms with Gasteiger partial charge >= 0.3 is 0 Å². The molecule has 1 unspecified atom stereocenters. The van der Waals surface area contributed by atoms with Gasteiger partial charge in [-0.15, -0.1) is 0 Å². The highest BCUT2D eigenvalue weighted by molar-refractivity contribution is 5.47. The van der Waals surface area contributed by atoms with Crippen LogP contribution in [0, 0.1) is 6.92 Å². The maximum absolute atomic E-state index is 5.45. The number of morpholine rings is 1. The molecule has 1 aliphatic rings. The summed E-state index contributed by atoms with van der Waals surface area (Å²) in [6, 6.07) is 9.03. The van der Waals surface area contributed by atoms with E-state index in [1.165, 1.54) is 11.3 Å². The van der Waals surface area contributed by atoms with Crippen LogP contribution in [-0.4, -0.2) is 39.4 Å². The van der Waals surface area contributed by atoms with Crippen molar-refractivity contribution < 1.29 is 4.74 Å². The zero-order valence-electron chi connectivity index (χ0n) is 10.1. The topological polar surface area (TPSA) is 24.5 Å². The first kappa shape index (κ1) is 11.4. The molecule has 3 nitrogen and oxygen atoms in total. The number of nitrogens with zero attached hydrogens (tertiary/aromatic N) is 1. The minimum atomic E-state index is 0.444. The lowest BCUT2D eigenvalue weighted by atomic mass is 10.2. The van der Waals surface area contributed by atoms with Crippen molar-refractivity contribution >= 4 is 5.69 Å². The number of aryl methyl sites for hydroxylation is 1. The molecular formula is C13H20N2O. The minimum absolute atomic E-state index is 0.444. The second-order valence-corrected chi connectivity index (χ2v) is 4.45. The Kier molecular flexibility index (Phi) is 3.80. The second kappa shape index (κ2) is 5.32. The summed E-state index contributed by atoms with van der Waals surface area (Å²) in [7, 11) is 2.13. The van der Waals surface area contributed by atoms with Gasteiger partial charge in [-0.2, -0.15) is 0 Å². The molecule has 1 N–H and O–H groups in total. The van der Waals surface area contributed by atoms with Crippen molar-refractivity contribution in [2.45, 2.75) is 13.0 Å². The third-order valence-electron chi connectivity index (χ3n) is 2.94. The Morgan fingerprint density at radius 1 is 1.50 bits per heavy atom. The van der Waals surface area contributed by atoms with Gasteiger partial charge in [-0.3, -0.25) is 0 Å². The van der Waals surface area contributed by atoms with Crippen LogP contribution in [0.15, 0.2) is 24.3 Å². The van der Waals surface area contributed by atoms with E-state index in [0.29, 0.717) is 6.04 Å². The molecule has 1 fully saturated rings. The zero-order chi connectivity index (χ0) is 11.4. The minimum Gasteiger partial charge on any atom is -0.378 e. The number of hydrogen-bond acceptors (Lipinski definition) is 3. The summed E-state index contributed by atoms with van der Waals surface area (Å²) >= 11 is 0. The molecule has 0 aromatic heterocycles. The molecule has 1 aliphatic heterocycles. The normalized spacial score (nSPS) is 20.8. The fourth-order valence-electron chi connectivity index (χ4n) is 2.04. The van der Waals surface area contributed by atoms with Crippen LogP contribution in [0.5, 0.6) is 0 Å². The number of hydrogen-bond donors (Lipinski definition) is 1. The van der Waals surface area contributed by atoms with Gasteiger partial charge in [0.15, 0.2) is 0 Å². The van der Waals surface area contributed by atoms with E-state index in [1.807, 2.05) is 0 Å². The summed E-state index contributed by atoms with van der Waals surface area (Å²) in [5, 5.41) is 3.47. The molecule has 1 atom stereocenters. The number of anilines is 1. The van der Waals surface area contributed by atoms with Gasteiger partial charge in [-0.1, -0.05) is 12.1 Å². The number of benzene rings is 1. The van der Waals surface area contributed by atoms with Gasteiger partial charge in [0, 0.05) is 31.9 Å². The van der Waals surface area contributed by atoms with E-state index in [1.54, 1.807) is 0 Å². The second-order valence-electron chi connectivity index (χ2n) is 4.45. The van der Waals surface area contributed by atoms with E-state index in [0.717, 1.165) is 26.3 Å². The lowest BCUT2D eigenvalue weighted by Crippen LogP contribution is -2.47. The SMILES string of the molecule is Cc1cccc(N(C)CC2COCCN2)c1. The van der Waals surface area contributed by atoms with E-state index in [4.69, 9.17) is 4.74 Å². The Labute approximate surface area is 97.4 Å². The highest BCUT2D eigenvalue weighted by Gasteiger charge is 2.15. The van der Waals surface area contributed by atoms with Gasteiger partial charge in [0.1, 0.15) is 0 Å². The van der Waals surface area contributed by atoms with E-state index in [-0.39, 0.29) is 0 Å². The van der Waals surface area contributed by atoms with Gasteiger partial charge < -0.3 is 15.0 Å². The van der Waals surface area contributed by atoms with Gasteiger partial charge in [0.25, 0.3) is 0 Å². The van der Waals surface area contributed by atoms with Crippen molar-refractivity contribution in [1.29, 1.82) is 0 Å². The Morgan fingerprint density at radius 2 is 2.38 bits per heavy atom. The van der Waals surface area contributed by atoms with Crippen LogP contribution in [0.3, 0.4) is 0 Å². The highest BCUT2D eigenvalue weighted by Crippen LogP contribution is 2.14. The zero-order valence-corrected chi connectivity index (χ0v) is 10.1. The van der Waals surface area contributed by atoms with Crippen LogP contribution in [-0.2, 0) is 4.74 Å². The molecule has 88 valence electrons. The lowest BCUT2D eigenvalue weighted by molar-refractivity contribution is 0.0791. The molecule has 3 heteroatoms. The standard InChI is InChI=1S/C13H20N2O/c1-11-4-3-5-13(8-11)15(2)9-12-10-16-7-6-14-12/h3-5,8,12,14H,6-7,9-10H2,1-2H3. The first-order valence-electron chi connectivity index (χ1n) is 5.84. The van der Waals surface area contributed by atoms with Crippen LogP contribution in [0.4, 0.5) is 5.69 Å². The first-order valence-corrected chi connectivity index (χ1v) is 5.84.